The van der Waals surface area contributed by atoms with Crippen molar-refractivity contribution in [2.45, 2.75) is 46.4 Å². The highest BCUT2D eigenvalue weighted by Gasteiger charge is 2.30. The number of fused-ring (bicyclic) bond motifs is 1. The van der Waals surface area contributed by atoms with Gasteiger partial charge in [-0.25, -0.2) is 4.79 Å². The molecular weight excluding hydrogens is 250 g/mol. The van der Waals surface area contributed by atoms with Gasteiger partial charge in [0.25, 0.3) is 0 Å². The Morgan fingerprint density at radius 2 is 2.00 bits per heavy atom. The van der Waals surface area contributed by atoms with Crippen LogP contribution in [0.5, 0.6) is 0 Å². The van der Waals surface area contributed by atoms with Gasteiger partial charge in [0.1, 0.15) is 5.60 Å². The largest absolute Gasteiger partial charge is 0.444 e. The number of ether oxygens (including phenoxy) is 1. The number of ketones is 1. The van der Waals surface area contributed by atoms with Gasteiger partial charge in [-0.1, -0.05) is 0 Å². The summed E-state index contributed by atoms with van der Waals surface area (Å²) in [5.74, 6) is 0.0623. The van der Waals surface area contributed by atoms with E-state index in [2.05, 4.69) is 0 Å². The molecule has 0 radical (unpaired) electrons. The lowest BCUT2D eigenvalue weighted by molar-refractivity contribution is 0.0241. The average molecular weight is 267 g/mol. The van der Waals surface area contributed by atoms with Crippen LogP contribution in [0.15, 0.2) is 5.38 Å². The van der Waals surface area contributed by atoms with Crippen LogP contribution in [0.25, 0.3) is 0 Å². The summed E-state index contributed by atoms with van der Waals surface area (Å²) < 4.78 is 5.33. The lowest BCUT2D eigenvalue weighted by atomic mass is 10.1. The molecule has 0 spiro atoms. The first-order chi connectivity index (χ1) is 8.28. The number of thiophene rings is 1. The molecule has 0 fully saturated rings. The van der Waals surface area contributed by atoms with Crippen molar-refractivity contribution in [2.75, 3.05) is 0 Å². The molecule has 0 N–H and O–H groups in total. The number of hydrogen-bond donors (Lipinski definition) is 0. The molecule has 1 aromatic rings. The smallest absolute Gasteiger partial charge is 0.410 e. The van der Waals surface area contributed by atoms with Crippen molar-refractivity contribution in [2.24, 2.45) is 0 Å². The number of amides is 1. The third kappa shape index (κ3) is 2.56. The summed E-state index contributed by atoms with van der Waals surface area (Å²) in [6.07, 6.45) is -0.321. The zero-order valence-electron chi connectivity index (χ0n) is 11.1. The quantitative estimate of drug-likeness (QED) is 0.734. The first-order valence-corrected chi connectivity index (χ1v) is 6.74. The van der Waals surface area contributed by atoms with Gasteiger partial charge in [0.2, 0.25) is 0 Å². The minimum Gasteiger partial charge on any atom is -0.444 e. The fourth-order valence-electron chi connectivity index (χ4n) is 1.93. The number of carbonyl (C=O) groups is 2. The van der Waals surface area contributed by atoms with Gasteiger partial charge in [-0.05, 0) is 44.2 Å². The molecule has 2 rings (SSSR count). The van der Waals surface area contributed by atoms with E-state index >= 15 is 0 Å². The molecule has 0 saturated carbocycles. The van der Waals surface area contributed by atoms with Gasteiger partial charge in [-0.15, -0.1) is 11.3 Å². The maximum absolute atomic E-state index is 11.9. The third-order valence-corrected chi connectivity index (χ3v) is 3.83. The lowest BCUT2D eigenvalue weighted by Gasteiger charge is -2.24. The molecule has 0 atom stereocenters. The van der Waals surface area contributed by atoms with Crippen molar-refractivity contribution < 1.29 is 14.3 Å². The van der Waals surface area contributed by atoms with Crippen LogP contribution in [-0.2, 0) is 17.8 Å². The summed E-state index contributed by atoms with van der Waals surface area (Å²) in [4.78, 5) is 25.8. The van der Waals surface area contributed by atoms with E-state index in [1.807, 2.05) is 26.2 Å². The fourth-order valence-corrected chi connectivity index (χ4v) is 2.91. The Morgan fingerprint density at radius 3 is 2.56 bits per heavy atom. The number of rotatable bonds is 1. The van der Waals surface area contributed by atoms with Crippen LogP contribution in [0.4, 0.5) is 4.79 Å². The molecule has 1 aliphatic rings. The third-order valence-electron chi connectivity index (χ3n) is 2.66. The monoisotopic (exact) mass is 267 g/mol. The predicted octanol–water partition coefficient (Wildman–Crippen LogP) is 3.20. The highest BCUT2D eigenvalue weighted by Crippen LogP contribution is 2.32. The summed E-state index contributed by atoms with van der Waals surface area (Å²) in [6.45, 7) is 8.10. The summed E-state index contributed by atoms with van der Waals surface area (Å²) in [5.41, 5.74) is 1.56. The Labute approximate surface area is 111 Å². The number of nitrogens with zero attached hydrogens (tertiary/aromatic N) is 1. The molecule has 98 valence electrons. The van der Waals surface area contributed by atoms with Gasteiger partial charge < -0.3 is 4.74 Å². The Balaban J connectivity index is 2.11. The van der Waals surface area contributed by atoms with Gasteiger partial charge in [0, 0.05) is 0 Å². The van der Waals surface area contributed by atoms with E-state index in [1.165, 1.54) is 11.3 Å². The molecule has 1 amide bonds. The number of carbonyl (C=O) groups excluding carboxylic acids is 2. The molecule has 5 heteroatoms. The van der Waals surface area contributed by atoms with Gasteiger partial charge in [-0.3, -0.25) is 9.69 Å². The van der Waals surface area contributed by atoms with Crippen LogP contribution in [0, 0.1) is 0 Å². The normalized spacial score (nSPS) is 14.6. The molecule has 1 aliphatic heterocycles. The van der Waals surface area contributed by atoms with E-state index in [1.54, 1.807) is 11.8 Å². The first-order valence-electron chi connectivity index (χ1n) is 5.86. The molecule has 0 aromatic carbocycles. The Kier molecular flexibility index (Phi) is 3.19. The molecule has 18 heavy (non-hydrogen) atoms. The van der Waals surface area contributed by atoms with Gasteiger partial charge in [-0.2, -0.15) is 0 Å². The highest BCUT2D eigenvalue weighted by atomic mass is 32.1. The molecule has 0 bridgehead atoms. The maximum Gasteiger partial charge on any atom is 0.410 e. The molecule has 1 aromatic heterocycles. The van der Waals surface area contributed by atoms with E-state index in [9.17, 15) is 9.59 Å². The standard InChI is InChI=1S/C13H17NO3S/c1-8(15)11-10-6-14(5-9(10)7-18-11)12(16)17-13(2,3)4/h7H,5-6H2,1-4H3. The molecule has 2 heterocycles. The summed E-state index contributed by atoms with van der Waals surface area (Å²) in [5, 5.41) is 1.95. The van der Waals surface area contributed by atoms with Crippen molar-refractivity contribution in [3.63, 3.8) is 0 Å². The van der Waals surface area contributed by atoms with E-state index in [-0.39, 0.29) is 11.9 Å². The minimum atomic E-state index is -0.490. The van der Waals surface area contributed by atoms with Crippen LogP contribution in [0.3, 0.4) is 0 Å². The zero-order chi connectivity index (χ0) is 13.5. The Morgan fingerprint density at radius 1 is 1.33 bits per heavy atom. The fraction of sp³-hybridized carbons (Fsp3) is 0.538. The predicted molar refractivity (Wildman–Crippen MR) is 69.8 cm³/mol. The van der Waals surface area contributed by atoms with Crippen molar-refractivity contribution in [3.05, 3.63) is 21.4 Å². The Bertz CT molecular complexity index is 499. The number of Topliss-reactive ketones (excluding diaryl/α,β-unsaturated/α-hetero) is 1. The second kappa shape index (κ2) is 4.39. The van der Waals surface area contributed by atoms with Gasteiger partial charge in [0.05, 0.1) is 18.0 Å². The first kappa shape index (κ1) is 13.1. The SMILES string of the molecule is CC(=O)c1scc2c1CN(C(=O)OC(C)(C)C)C2. The van der Waals surface area contributed by atoms with Crippen molar-refractivity contribution in [1.29, 1.82) is 0 Å². The minimum absolute atomic E-state index is 0.0623. The molecule has 0 unspecified atom stereocenters. The van der Waals surface area contributed by atoms with E-state index in [4.69, 9.17) is 4.74 Å². The highest BCUT2D eigenvalue weighted by molar-refractivity contribution is 7.12. The lowest BCUT2D eigenvalue weighted by Crippen LogP contribution is -2.33. The number of hydrogen-bond acceptors (Lipinski definition) is 4. The van der Waals surface area contributed by atoms with Gasteiger partial charge in [0.15, 0.2) is 5.78 Å². The van der Waals surface area contributed by atoms with E-state index in [0.717, 1.165) is 16.0 Å². The maximum atomic E-state index is 11.9. The Hall–Kier alpha value is -1.36. The van der Waals surface area contributed by atoms with Crippen molar-refractivity contribution in [1.82, 2.24) is 4.90 Å². The second-order valence-electron chi connectivity index (χ2n) is 5.46. The topological polar surface area (TPSA) is 46.6 Å². The van der Waals surface area contributed by atoms with Crippen LogP contribution in [-0.4, -0.2) is 22.4 Å². The zero-order valence-corrected chi connectivity index (χ0v) is 11.9. The van der Waals surface area contributed by atoms with E-state index < -0.39 is 5.60 Å². The molecule has 0 saturated heterocycles. The molecule has 0 aliphatic carbocycles. The van der Waals surface area contributed by atoms with Crippen molar-refractivity contribution in [3.8, 4) is 0 Å². The van der Waals surface area contributed by atoms with Crippen LogP contribution < -0.4 is 0 Å². The van der Waals surface area contributed by atoms with Crippen LogP contribution in [0.2, 0.25) is 0 Å². The summed E-state index contributed by atoms with van der Waals surface area (Å²) >= 11 is 1.46. The average Bonchev–Trinajstić information content (AvgIpc) is 2.70. The van der Waals surface area contributed by atoms with Crippen molar-refractivity contribution >= 4 is 23.2 Å². The molecule has 4 nitrogen and oxygen atoms in total. The summed E-state index contributed by atoms with van der Waals surface area (Å²) in [7, 11) is 0. The van der Waals surface area contributed by atoms with Gasteiger partial charge >= 0.3 is 6.09 Å². The van der Waals surface area contributed by atoms with Crippen LogP contribution in [0.1, 0.15) is 48.5 Å². The van der Waals surface area contributed by atoms with E-state index in [0.29, 0.717) is 13.1 Å². The van der Waals surface area contributed by atoms with Crippen LogP contribution >= 0.6 is 11.3 Å². The molecular formula is C13H17NO3S. The second-order valence-corrected chi connectivity index (χ2v) is 6.34. The summed E-state index contributed by atoms with van der Waals surface area (Å²) in [6, 6.07) is 0.